The van der Waals surface area contributed by atoms with Gasteiger partial charge in [-0.05, 0) is 41.9 Å². The normalized spacial score (nSPS) is 12.2. The maximum atomic E-state index is 14.0. The van der Waals surface area contributed by atoms with E-state index in [1.54, 1.807) is 19.9 Å². The lowest BCUT2D eigenvalue weighted by atomic mass is 10.3. The van der Waals surface area contributed by atoms with Crippen molar-refractivity contribution in [1.29, 1.82) is 0 Å². The molecule has 0 saturated carbocycles. The molecule has 0 amide bonds. The molecule has 104 valence electrons. The van der Waals surface area contributed by atoms with Crippen LogP contribution in [0, 0.1) is 5.82 Å². The van der Waals surface area contributed by atoms with Crippen LogP contribution in [0.4, 0.5) is 4.39 Å². The van der Waals surface area contributed by atoms with E-state index in [2.05, 4.69) is 20.9 Å². The van der Waals surface area contributed by atoms with Crippen molar-refractivity contribution in [1.82, 2.24) is 4.98 Å². The first-order chi connectivity index (χ1) is 9.00. The molecule has 2 rings (SSSR count). The van der Waals surface area contributed by atoms with Gasteiger partial charge in [-0.1, -0.05) is 0 Å². The molecule has 1 aromatic carbocycles. The van der Waals surface area contributed by atoms with E-state index >= 15 is 0 Å². The van der Waals surface area contributed by atoms with E-state index in [1.165, 1.54) is 17.4 Å². The molecule has 19 heavy (non-hydrogen) atoms. The molecule has 0 aliphatic carbocycles. The maximum absolute atomic E-state index is 14.0. The fourth-order valence-corrected chi connectivity index (χ4v) is 4.78. The van der Waals surface area contributed by atoms with E-state index in [4.69, 9.17) is 9.05 Å². The van der Waals surface area contributed by atoms with Crippen LogP contribution >= 0.6 is 34.9 Å². The lowest BCUT2D eigenvalue weighted by Crippen LogP contribution is -2.11. The Bertz CT molecular complexity index is 638. The average Bonchev–Trinajstić information content (AvgIpc) is 2.71. The lowest BCUT2D eigenvalue weighted by molar-refractivity contribution is 0.230. The van der Waals surface area contributed by atoms with Crippen molar-refractivity contribution < 1.29 is 18.0 Å². The van der Waals surface area contributed by atoms with E-state index in [0.29, 0.717) is 8.62 Å². The van der Waals surface area contributed by atoms with Crippen molar-refractivity contribution in [3.63, 3.8) is 0 Å². The van der Waals surface area contributed by atoms with Gasteiger partial charge >= 0.3 is 7.60 Å². The minimum Gasteiger partial charge on any atom is -0.305 e. The predicted octanol–water partition coefficient (Wildman–Crippen LogP) is 4.09. The molecule has 0 atom stereocenters. The molecule has 0 radical (unpaired) electrons. The summed E-state index contributed by atoms with van der Waals surface area (Å²) in [4.78, 5) is 4.02. The van der Waals surface area contributed by atoms with Crippen molar-refractivity contribution >= 4 is 50.4 Å². The summed E-state index contributed by atoms with van der Waals surface area (Å²) in [5.41, 5.74) is 0.250. The monoisotopic (exact) mass is 367 g/mol. The molecular formula is C11H12BrFNO3PS. The number of hydrogen-bond donors (Lipinski definition) is 0. The Hall–Kier alpha value is -0.330. The van der Waals surface area contributed by atoms with Crippen LogP contribution in [0.25, 0.3) is 10.2 Å². The molecule has 1 aromatic heterocycles. The minimum absolute atomic E-state index is 0.220. The number of halogens is 2. The number of fused-ring (bicyclic) bond motifs is 1. The van der Waals surface area contributed by atoms with E-state index in [0.717, 1.165) is 0 Å². The summed E-state index contributed by atoms with van der Waals surface area (Å²) in [5.74, 6) is -0.533. The Morgan fingerprint density at radius 3 is 2.58 bits per heavy atom. The van der Waals surface area contributed by atoms with Crippen LogP contribution in [-0.2, 0) is 13.6 Å². The van der Waals surface area contributed by atoms with Crippen LogP contribution < -0.4 is 5.30 Å². The van der Waals surface area contributed by atoms with E-state index in [9.17, 15) is 8.96 Å². The van der Waals surface area contributed by atoms with Gasteiger partial charge in [0.2, 0.25) is 0 Å². The Labute approximate surface area is 122 Å². The van der Waals surface area contributed by atoms with Crippen LogP contribution in [0.1, 0.15) is 13.8 Å². The third kappa shape index (κ3) is 3.06. The molecule has 0 aliphatic rings. The van der Waals surface area contributed by atoms with Crippen molar-refractivity contribution in [2.45, 2.75) is 13.8 Å². The first kappa shape index (κ1) is 15.1. The highest BCUT2D eigenvalue weighted by Gasteiger charge is 2.28. The number of rotatable bonds is 5. The SMILES string of the molecule is CCOP(=O)(OCC)c1cc(F)c2nc(Br)sc2c1. The standard InChI is InChI=1S/C11H12BrFNO3PS/c1-3-16-18(15,17-4-2)7-5-8(13)10-9(6-7)19-11(12)14-10/h5-6H,3-4H2,1-2H3. The Morgan fingerprint density at radius 1 is 1.37 bits per heavy atom. The molecule has 0 saturated heterocycles. The molecule has 4 nitrogen and oxygen atoms in total. The van der Waals surface area contributed by atoms with Gasteiger partial charge in [-0.3, -0.25) is 4.57 Å². The summed E-state index contributed by atoms with van der Waals surface area (Å²) < 4.78 is 38.1. The van der Waals surface area contributed by atoms with E-state index < -0.39 is 13.4 Å². The van der Waals surface area contributed by atoms with Gasteiger partial charge in [0.05, 0.1) is 23.2 Å². The Kier molecular flexibility index (Phi) is 4.74. The highest BCUT2D eigenvalue weighted by Crippen LogP contribution is 2.47. The largest absolute Gasteiger partial charge is 0.361 e. The average molecular weight is 368 g/mol. The van der Waals surface area contributed by atoms with Gasteiger partial charge in [0.1, 0.15) is 5.52 Å². The van der Waals surface area contributed by atoms with E-state index in [-0.39, 0.29) is 24.0 Å². The van der Waals surface area contributed by atoms with Crippen molar-refractivity contribution in [2.75, 3.05) is 13.2 Å². The highest BCUT2D eigenvalue weighted by molar-refractivity contribution is 9.11. The van der Waals surface area contributed by atoms with Gasteiger partial charge < -0.3 is 9.05 Å². The third-order valence-corrected chi connectivity index (χ3v) is 5.86. The summed E-state index contributed by atoms with van der Waals surface area (Å²) in [5, 5.41) is 0.220. The van der Waals surface area contributed by atoms with Crippen LogP contribution in [0.3, 0.4) is 0 Å². The molecule has 0 unspecified atom stereocenters. The van der Waals surface area contributed by atoms with Crippen molar-refractivity contribution in [3.05, 3.63) is 21.9 Å². The van der Waals surface area contributed by atoms with Crippen molar-refractivity contribution in [2.24, 2.45) is 0 Å². The van der Waals surface area contributed by atoms with Gasteiger partial charge in [0.25, 0.3) is 0 Å². The molecule has 2 aromatic rings. The Balaban J connectivity index is 2.57. The molecule has 8 heteroatoms. The van der Waals surface area contributed by atoms with Gasteiger partial charge in [0, 0.05) is 0 Å². The molecule has 0 fully saturated rings. The fourth-order valence-electron chi connectivity index (χ4n) is 1.63. The van der Waals surface area contributed by atoms with Crippen LogP contribution in [0.5, 0.6) is 0 Å². The number of thiazole rings is 1. The summed E-state index contributed by atoms with van der Waals surface area (Å²) in [6, 6.07) is 2.77. The second kappa shape index (κ2) is 5.97. The quantitative estimate of drug-likeness (QED) is 0.746. The van der Waals surface area contributed by atoms with Gasteiger partial charge in [0.15, 0.2) is 9.73 Å². The second-order valence-corrected chi connectivity index (χ2v) is 7.91. The second-order valence-electron chi connectivity index (χ2n) is 3.57. The zero-order valence-electron chi connectivity index (χ0n) is 10.4. The summed E-state index contributed by atoms with van der Waals surface area (Å²) in [6.07, 6.45) is 0. The zero-order valence-corrected chi connectivity index (χ0v) is 13.6. The molecular weight excluding hydrogens is 356 g/mol. The fraction of sp³-hybridized carbons (Fsp3) is 0.364. The highest BCUT2D eigenvalue weighted by atomic mass is 79.9. The van der Waals surface area contributed by atoms with E-state index in [1.807, 2.05) is 0 Å². The molecule has 1 heterocycles. The van der Waals surface area contributed by atoms with Gasteiger partial charge in [-0.15, -0.1) is 11.3 Å². The zero-order chi connectivity index (χ0) is 14.0. The van der Waals surface area contributed by atoms with Crippen LogP contribution in [-0.4, -0.2) is 18.2 Å². The minimum atomic E-state index is -3.47. The maximum Gasteiger partial charge on any atom is 0.361 e. The molecule has 0 bridgehead atoms. The molecule has 0 N–H and O–H groups in total. The summed E-state index contributed by atoms with van der Waals surface area (Å²) >= 11 is 4.47. The van der Waals surface area contributed by atoms with Gasteiger partial charge in [-0.2, -0.15) is 0 Å². The summed E-state index contributed by atoms with van der Waals surface area (Å²) in [6.45, 7) is 3.88. The number of nitrogens with zero attached hydrogens (tertiary/aromatic N) is 1. The lowest BCUT2D eigenvalue weighted by Gasteiger charge is -2.17. The van der Waals surface area contributed by atoms with Gasteiger partial charge in [-0.25, -0.2) is 9.37 Å². The first-order valence-corrected chi connectivity index (χ1v) is 8.80. The number of benzene rings is 1. The number of hydrogen-bond acceptors (Lipinski definition) is 5. The van der Waals surface area contributed by atoms with Crippen LogP contribution in [0.15, 0.2) is 16.0 Å². The topological polar surface area (TPSA) is 48.4 Å². The van der Waals surface area contributed by atoms with Crippen molar-refractivity contribution in [3.8, 4) is 0 Å². The number of aromatic nitrogens is 1. The van der Waals surface area contributed by atoms with Crippen LogP contribution in [0.2, 0.25) is 0 Å². The molecule has 0 spiro atoms. The smallest absolute Gasteiger partial charge is 0.305 e. The Morgan fingerprint density at radius 2 is 2.00 bits per heavy atom. The summed E-state index contributed by atoms with van der Waals surface area (Å²) in [7, 11) is -3.47. The molecule has 0 aliphatic heterocycles. The third-order valence-electron chi connectivity index (χ3n) is 2.32. The predicted molar refractivity (Wildman–Crippen MR) is 77.8 cm³/mol. The first-order valence-electron chi connectivity index (χ1n) is 5.65.